The van der Waals surface area contributed by atoms with E-state index < -0.39 is 0 Å². The molecule has 0 radical (unpaired) electrons. The lowest BCUT2D eigenvalue weighted by atomic mass is 9.86. The van der Waals surface area contributed by atoms with Crippen LogP contribution in [0.4, 0.5) is 17.1 Å². The van der Waals surface area contributed by atoms with Crippen molar-refractivity contribution in [2.75, 3.05) is 4.90 Å². The molecule has 9 aromatic rings. The normalized spacial score (nSPS) is 11.8. The lowest BCUT2D eigenvalue weighted by Gasteiger charge is -2.26. The molecule has 51 heavy (non-hydrogen) atoms. The average Bonchev–Trinajstić information content (AvgIpc) is 3.72. The molecule has 7 aromatic carbocycles. The van der Waals surface area contributed by atoms with E-state index in [2.05, 4.69) is 199 Å². The number of benzene rings is 7. The molecule has 0 amide bonds. The van der Waals surface area contributed by atoms with Crippen LogP contribution in [0.2, 0.25) is 0 Å². The van der Waals surface area contributed by atoms with Crippen molar-refractivity contribution in [3.63, 3.8) is 0 Å². The predicted octanol–water partition coefficient (Wildman–Crippen LogP) is 12.6. The summed E-state index contributed by atoms with van der Waals surface area (Å²) < 4.78 is 4.64. The number of para-hydroxylation sites is 5. The van der Waals surface area contributed by atoms with E-state index in [4.69, 9.17) is 4.98 Å². The second-order valence-corrected chi connectivity index (χ2v) is 14.2. The lowest BCUT2D eigenvalue weighted by Crippen LogP contribution is -2.10. The Morgan fingerprint density at radius 3 is 1.71 bits per heavy atom. The molecule has 0 saturated heterocycles. The number of aromatic nitrogens is 3. The highest BCUT2D eigenvalue weighted by atomic mass is 15.1. The topological polar surface area (TPSA) is 26.0 Å². The Kier molecular flexibility index (Phi) is 7.32. The predicted molar refractivity (Wildman–Crippen MR) is 214 cm³/mol. The van der Waals surface area contributed by atoms with Crippen molar-refractivity contribution < 1.29 is 0 Å². The van der Waals surface area contributed by atoms with Gasteiger partial charge in [0.15, 0.2) is 0 Å². The quantitative estimate of drug-likeness (QED) is 0.178. The minimum Gasteiger partial charge on any atom is -0.311 e. The molecule has 0 aliphatic rings. The maximum atomic E-state index is 5.09. The number of anilines is 3. The van der Waals surface area contributed by atoms with Crippen molar-refractivity contribution in [1.82, 2.24) is 14.1 Å². The molecule has 4 nitrogen and oxygen atoms in total. The molecule has 0 aliphatic carbocycles. The van der Waals surface area contributed by atoms with Gasteiger partial charge in [0.25, 0.3) is 0 Å². The summed E-state index contributed by atoms with van der Waals surface area (Å²) in [6.45, 7) is 6.83. The van der Waals surface area contributed by atoms with Gasteiger partial charge < -0.3 is 9.47 Å². The fraction of sp³-hybridized carbons (Fsp3) is 0.0851. The molecule has 0 unspecified atom stereocenters. The number of imidazole rings is 1. The van der Waals surface area contributed by atoms with E-state index in [9.17, 15) is 0 Å². The zero-order valence-corrected chi connectivity index (χ0v) is 29.0. The molecule has 246 valence electrons. The molecule has 0 spiro atoms. The highest BCUT2D eigenvalue weighted by Gasteiger charge is 2.20. The van der Waals surface area contributed by atoms with E-state index >= 15 is 0 Å². The van der Waals surface area contributed by atoms with E-state index in [1.165, 1.54) is 27.4 Å². The van der Waals surface area contributed by atoms with Crippen LogP contribution < -0.4 is 4.90 Å². The van der Waals surface area contributed by atoms with E-state index in [0.29, 0.717) is 0 Å². The Bertz CT molecular complexity index is 2640. The van der Waals surface area contributed by atoms with E-state index in [1.54, 1.807) is 0 Å². The van der Waals surface area contributed by atoms with Crippen LogP contribution in [0.15, 0.2) is 176 Å². The van der Waals surface area contributed by atoms with Crippen molar-refractivity contribution in [3.8, 4) is 22.8 Å². The second-order valence-electron chi connectivity index (χ2n) is 14.2. The Morgan fingerprint density at radius 2 is 1.00 bits per heavy atom. The maximum Gasteiger partial charge on any atom is 0.145 e. The van der Waals surface area contributed by atoms with Crippen LogP contribution in [0.3, 0.4) is 0 Å². The first-order valence-corrected chi connectivity index (χ1v) is 17.6. The fourth-order valence-corrected chi connectivity index (χ4v) is 7.31. The van der Waals surface area contributed by atoms with Crippen LogP contribution in [0.5, 0.6) is 0 Å². The SMILES string of the molecule is CC(C)(C)c1ccc2c(c1)c1ccccc1n2-c1ccc(N(c2ccccc2)c2ccc(-c3nc4ccccc4n3-c3ccccc3)cc2)cc1. The maximum absolute atomic E-state index is 5.09. The van der Waals surface area contributed by atoms with E-state index in [-0.39, 0.29) is 5.41 Å². The first-order chi connectivity index (χ1) is 24.9. The average molecular weight is 659 g/mol. The highest BCUT2D eigenvalue weighted by molar-refractivity contribution is 6.09. The summed E-state index contributed by atoms with van der Waals surface area (Å²) in [6, 6.07) is 62.8. The van der Waals surface area contributed by atoms with Crippen LogP contribution in [-0.4, -0.2) is 14.1 Å². The molecule has 0 aliphatic heterocycles. The van der Waals surface area contributed by atoms with Gasteiger partial charge in [0, 0.05) is 44.8 Å². The number of nitrogens with zero attached hydrogens (tertiary/aromatic N) is 4. The largest absolute Gasteiger partial charge is 0.311 e. The minimum absolute atomic E-state index is 0.0783. The Hall–Kier alpha value is -6.39. The Labute approximate surface area is 298 Å². The van der Waals surface area contributed by atoms with Gasteiger partial charge in [-0.25, -0.2) is 4.98 Å². The first kappa shape index (κ1) is 30.7. The van der Waals surface area contributed by atoms with Gasteiger partial charge in [0.05, 0.1) is 22.1 Å². The van der Waals surface area contributed by atoms with Gasteiger partial charge in [-0.2, -0.15) is 0 Å². The van der Waals surface area contributed by atoms with Gasteiger partial charge in [-0.1, -0.05) is 93.6 Å². The fourth-order valence-electron chi connectivity index (χ4n) is 7.31. The second kappa shape index (κ2) is 12.2. The van der Waals surface area contributed by atoms with Crippen molar-refractivity contribution >= 4 is 49.9 Å². The molecule has 0 atom stereocenters. The van der Waals surface area contributed by atoms with Crippen molar-refractivity contribution in [1.29, 1.82) is 0 Å². The van der Waals surface area contributed by atoms with Gasteiger partial charge in [0.2, 0.25) is 0 Å². The third kappa shape index (κ3) is 5.37. The molecule has 0 saturated carbocycles. The van der Waals surface area contributed by atoms with Gasteiger partial charge in [-0.05, 0) is 114 Å². The molecular weight excluding hydrogens is 621 g/mol. The summed E-state index contributed by atoms with van der Waals surface area (Å²) in [7, 11) is 0. The van der Waals surface area contributed by atoms with Crippen molar-refractivity contribution in [3.05, 3.63) is 181 Å². The third-order valence-corrected chi connectivity index (χ3v) is 9.88. The zero-order valence-electron chi connectivity index (χ0n) is 29.0. The highest BCUT2D eigenvalue weighted by Crippen LogP contribution is 2.39. The first-order valence-electron chi connectivity index (χ1n) is 17.6. The summed E-state index contributed by atoms with van der Waals surface area (Å²) in [6.07, 6.45) is 0. The Morgan fingerprint density at radius 1 is 0.451 bits per heavy atom. The summed E-state index contributed by atoms with van der Waals surface area (Å²) in [5.74, 6) is 0.922. The number of fused-ring (bicyclic) bond motifs is 4. The van der Waals surface area contributed by atoms with Gasteiger partial charge in [-0.3, -0.25) is 4.57 Å². The van der Waals surface area contributed by atoms with Crippen molar-refractivity contribution in [2.24, 2.45) is 0 Å². The van der Waals surface area contributed by atoms with Crippen LogP contribution in [0.25, 0.3) is 55.6 Å². The molecule has 0 bridgehead atoms. The molecule has 0 N–H and O–H groups in total. The van der Waals surface area contributed by atoms with Gasteiger partial charge in [-0.15, -0.1) is 0 Å². The van der Waals surface area contributed by atoms with Gasteiger partial charge in [0.1, 0.15) is 5.82 Å². The standard InChI is InChI=1S/C47H38N4/c1-47(2,3)34-24-31-44-41(32-34)40-18-10-12-20-43(40)50(44)39-29-27-38(28-30-39)49(35-14-6-4-7-15-35)37-25-22-33(23-26-37)46-48-42-19-11-13-21-45(42)51(46)36-16-8-5-9-17-36/h4-32H,1-3H3. The summed E-state index contributed by atoms with van der Waals surface area (Å²) in [5, 5.41) is 2.56. The smallest absolute Gasteiger partial charge is 0.145 e. The molecular formula is C47H38N4. The number of hydrogen-bond acceptors (Lipinski definition) is 2. The number of hydrogen-bond donors (Lipinski definition) is 0. The molecule has 9 rings (SSSR count). The molecule has 2 aromatic heterocycles. The third-order valence-electron chi connectivity index (χ3n) is 9.88. The lowest BCUT2D eigenvalue weighted by molar-refractivity contribution is 0.591. The number of rotatable bonds is 6. The Balaban J connectivity index is 1.12. The molecule has 0 fully saturated rings. The molecule has 4 heteroatoms. The minimum atomic E-state index is 0.0783. The van der Waals surface area contributed by atoms with Crippen LogP contribution in [-0.2, 0) is 5.41 Å². The van der Waals surface area contributed by atoms with Gasteiger partial charge >= 0.3 is 0 Å². The monoisotopic (exact) mass is 658 g/mol. The molecule has 2 heterocycles. The van der Waals surface area contributed by atoms with Crippen LogP contribution in [0, 0.1) is 0 Å². The van der Waals surface area contributed by atoms with Crippen LogP contribution >= 0.6 is 0 Å². The van der Waals surface area contributed by atoms with E-state index in [0.717, 1.165) is 50.9 Å². The van der Waals surface area contributed by atoms with E-state index in [1.807, 2.05) is 12.1 Å². The summed E-state index contributed by atoms with van der Waals surface area (Å²) >= 11 is 0. The summed E-state index contributed by atoms with van der Waals surface area (Å²) in [5.41, 5.74) is 12.5. The van der Waals surface area contributed by atoms with Crippen molar-refractivity contribution in [2.45, 2.75) is 26.2 Å². The zero-order chi connectivity index (χ0) is 34.5. The van der Waals surface area contributed by atoms with Crippen LogP contribution in [0.1, 0.15) is 26.3 Å². The summed E-state index contributed by atoms with van der Waals surface area (Å²) in [4.78, 5) is 7.41.